The van der Waals surface area contributed by atoms with Gasteiger partial charge in [-0.25, -0.2) is 8.42 Å². The normalized spacial score (nSPS) is 13.1. The first-order chi connectivity index (χ1) is 9.98. The van der Waals surface area contributed by atoms with E-state index in [1.54, 1.807) is 6.92 Å². The Morgan fingerprint density at radius 2 is 1.81 bits per heavy atom. The molecule has 1 aromatic carbocycles. The molecule has 0 saturated carbocycles. The Morgan fingerprint density at radius 1 is 1.14 bits per heavy atom. The van der Waals surface area contributed by atoms with Gasteiger partial charge >= 0.3 is 0 Å². The molecule has 1 N–H and O–H groups in total. The maximum Gasteiger partial charge on any atom is 0.150 e. The molecule has 0 aromatic heterocycles. The molecular weight excluding hydrogens is 288 g/mol. The van der Waals surface area contributed by atoms with Gasteiger partial charge in [-0.15, -0.1) is 0 Å². The van der Waals surface area contributed by atoms with Crippen LogP contribution < -0.4 is 4.74 Å². The fourth-order valence-electron chi connectivity index (χ4n) is 1.93. The van der Waals surface area contributed by atoms with E-state index in [9.17, 15) is 13.5 Å². The van der Waals surface area contributed by atoms with Gasteiger partial charge in [-0.3, -0.25) is 0 Å². The van der Waals surface area contributed by atoms with E-state index >= 15 is 0 Å². The molecule has 0 aliphatic heterocycles. The van der Waals surface area contributed by atoms with Gasteiger partial charge in [0, 0.05) is 5.75 Å². The summed E-state index contributed by atoms with van der Waals surface area (Å²) in [6.07, 6.45) is 2.43. The molecule has 0 aliphatic rings. The van der Waals surface area contributed by atoms with Gasteiger partial charge in [0.25, 0.3) is 0 Å². The van der Waals surface area contributed by atoms with Gasteiger partial charge in [-0.2, -0.15) is 0 Å². The second-order valence-corrected chi connectivity index (χ2v) is 7.64. The van der Waals surface area contributed by atoms with Crippen molar-refractivity contribution < 1.29 is 18.3 Å². The molecule has 0 heterocycles. The summed E-state index contributed by atoms with van der Waals surface area (Å²) in [5, 5.41) is 10.1. The number of hydrogen-bond acceptors (Lipinski definition) is 4. The quantitative estimate of drug-likeness (QED) is 0.674. The van der Waals surface area contributed by atoms with Crippen molar-refractivity contribution in [2.45, 2.75) is 45.6 Å². The van der Waals surface area contributed by atoms with Gasteiger partial charge in [0.05, 0.1) is 18.5 Å². The summed E-state index contributed by atoms with van der Waals surface area (Å²) in [5.74, 6) is 1.10. The summed E-state index contributed by atoms with van der Waals surface area (Å²) in [5.41, 5.74) is 0.798. The third kappa shape index (κ3) is 6.96. The minimum Gasteiger partial charge on any atom is -0.494 e. The molecule has 0 fully saturated rings. The molecule has 21 heavy (non-hydrogen) atoms. The van der Waals surface area contributed by atoms with Crippen molar-refractivity contribution in [3.05, 3.63) is 29.8 Å². The van der Waals surface area contributed by atoms with Crippen molar-refractivity contribution in [2.75, 3.05) is 18.1 Å². The molecule has 5 heteroatoms. The van der Waals surface area contributed by atoms with E-state index in [-0.39, 0.29) is 11.5 Å². The number of ether oxygens (including phenoxy) is 1. The maximum absolute atomic E-state index is 11.4. The Labute approximate surface area is 128 Å². The molecule has 120 valence electrons. The van der Waals surface area contributed by atoms with Crippen molar-refractivity contribution in [3.8, 4) is 5.75 Å². The molecule has 0 bridgehead atoms. The average Bonchev–Trinajstić information content (AvgIpc) is 2.48. The number of rotatable bonds is 10. The van der Waals surface area contributed by atoms with E-state index in [1.165, 1.54) is 0 Å². The first-order valence-corrected chi connectivity index (χ1v) is 9.42. The fraction of sp³-hybridized carbons (Fsp3) is 0.625. The molecule has 0 amide bonds. The number of unbranched alkanes of at least 4 members (excludes halogenated alkanes) is 1. The van der Waals surface area contributed by atoms with Crippen LogP contribution in [0.25, 0.3) is 0 Å². The van der Waals surface area contributed by atoms with E-state index in [4.69, 9.17) is 4.74 Å². The molecule has 0 radical (unpaired) electrons. The van der Waals surface area contributed by atoms with Crippen LogP contribution in [0.2, 0.25) is 0 Å². The molecule has 1 unspecified atom stereocenters. The largest absolute Gasteiger partial charge is 0.494 e. The second-order valence-electron chi connectivity index (χ2n) is 5.17. The molecule has 0 aliphatic carbocycles. The van der Waals surface area contributed by atoms with Gasteiger partial charge in [-0.05, 0) is 37.0 Å². The van der Waals surface area contributed by atoms with Crippen LogP contribution in [-0.2, 0) is 9.84 Å². The lowest BCUT2D eigenvalue weighted by Gasteiger charge is -2.12. The summed E-state index contributed by atoms with van der Waals surface area (Å²) in [6, 6.07) is 7.36. The molecular formula is C16H26O4S. The number of benzene rings is 1. The minimum atomic E-state index is -2.95. The third-order valence-corrected chi connectivity index (χ3v) is 5.19. The zero-order valence-corrected chi connectivity index (χ0v) is 13.7. The third-order valence-electron chi connectivity index (χ3n) is 3.40. The molecule has 1 aromatic rings. The predicted octanol–water partition coefficient (Wildman–Crippen LogP) is 3.11. The zero-order chi connectivity index (χ0) is 15.7. The summed E-state index contributed by atoms with van der Waals surface area (Å²) >= 11 is 0. The van der Waals surface area contributed by atoms with Crippen LogP contribution in [-0.4, -0.2) is 31.6 Å². The Bertz CT molecular complexity index is 494. The Balaban J connectivity index is 2.42. The Kier molecular flexibility index (Phi) is 7.75. The van der Waals surface area contributed by atoms with Crippen LogP contribution in [0.5, 0.6) is 5.75 Å². The standard InChI is InChI=1S/C16H26O4S/c1-3-5-12-20-15-10-8-14(9-11-15)16(17)7-6-13-21(18,19)4-2/h8-11,16-17H,3-7,12-13H2,1-2H3. The number of sulfone groups is 1. The van der Waals surface area contributed by atoms with Crippen molar-refractivity contribution in [1.29, 1.82) is 0 Å². The number of hydrogen-bond donors (Lipinski definition) is 1. The lowest BCUT2D eigenvalue weighted by atomic mass is 10.1. The van der Waals surface area contributed by atoms with Crippen LogP contribution in [0.4, 0.5) is 0 Å². The topological polar surface area (TPSA) is 63.6 Å². The maximum atomic E-state index is 11.4. The highest BCUT2D eigenvalue weighted by Gasteiger charge is 2.11. The van der Waals surface area contributed by atoms with Gasteiger partial charge < -0.3 is 9.84 Å². The summed E-state index contributed by atoms with van der Waals surface area (Å²) in [7, 11) is -2.95. The number of aliphatic hydroxyl groups excluding tert-OH is 1. The van der Waals surface area contributed by atoms with Crippen molar-refractivity contribution in [3.63, 3.8) is 0 Å². The second kappa shape index (κ2) is 9.05. The van der Waals surface area contributed by atoms with Gasteiger partial charge in [0.15, 0.2) is 0 Å². The summed E-state index contributed by atoms with van der Waals surface area (Å²) in [6.45, 7) is 4.46. The van der Waals surface area contributed by atoms with Crippen molar-refractivity contribution >= 4 is 9.84 Å². The highest BCUT2D eigenvalue weighted by molar-refractivity contribution is 7.91. The van der Waals surface area contributed by atoms with Crippen LogP contribution in [0.15, 0.2) is 24.3 Å². The van der Waals surface area contributed by atoms with Gasteiger partial charge in [0.2, 0.25) is 0 Å². The Morgan fingerprint density at radius 3 is 2.38 bits per heavy atom. The zero-order valence-electron chi connectivity index (χ0n) is 12.9. The Hall–Kier alpha value is -1.07. The summed E-state index contributed by atoms with van der Waals surface area (Å²) < 4.78 is 28.3. The van der Waals surface area contributed by atoms with Crippen LogP contribution in [0.1, 0.15) is 51.2 Å². The van der Waals surface area contributed by atoms with E-state index in [0.717, 1.165) is 24.2 Å². The van der Waals surface area contributed by atoms with E-state index < -0.39 is 15.9 Å². The van der Waals surface area contributed by atoms with E-state index in [0.29, 0.717) is 19.4 Å². The molecule has 4 nitrogen and oxygen atoms in total. The minimum absolute atomic E-state index is 0.138. The van der Waals surface area contributed by atoms with E-state index in [2.05, 4.69) is 6.92 Å². The van der Waals surface area contributed by atoms with Crippen molar-refractivity contribution in [1.82, 2.24) is 0 Å². The fourth-order valence-corrected chi connectivity index (χ4v) is 2.82. The summed E-state index contributed by atoms with van der Waals surface area (Å²) in [4.78, 5) is 0. The van der Waals surface area contributed by atoms with Crippen LogP contribution >= 0.6 is 0 Å². The van der Waals surface area contributed by atoms with Gasteiger partial charge in [0.1, 0.15) is 15.6 Å². The van der Waals surface area contributed by atoms with E-state index in [1.807, 2.05) is 24.3 Å². The highest BCUT2D eigenvalue weighted by atomic mass is 32.2. The van der Waals surface area contributed by atoms with Crippen molar-refractivity contribution in [2.24, 2.45) is 0 Å². The lowest BCUT2D eigenvalue weighted by molar-refractivity contribution is 0.166. The predicted molar refractivity (Wildman–Crippen MR) is 85.4 cm³/mol. The molecule has 0 spiro atoms. The van der Waals surface area contributed by atoms with Crippen LogP contribution in [0.3, 0.4) is 0 Å². The smallest absolute Gasteiger partial charge is 0.150 e. The molecule has 1 rings (SSSR count). The SMILES string of the molecule is CCCCOc1ccc(C(O)CCCS(=O)(=O)CC)cc1. The monoisotopic (exact) mass is 314 g/mol. The van der Waals surface area contributed by atoms with Crippen LogP contribution in [0, 0.1) is 0 Å². The highest BCUT2D eigenvalue weighted by Crippen LogP contribution is 2.21. The average molecular weight is 314 g/mol. The molecule has 0 saturated heterocycles. The lowest BCUT2D eigenvalue weighted by Crippen LogP contribution is -2.10. The number of aliphatic hydroxyl groups is 1. The molecule has 1 atom stereocenters. The van der Waals surface area contributed by atoms with Gasteiger partial charge in [-0.1, -0.05) is 32.4 Å². The first kappa shape index (κ1) is 18.0. The first-order valence-electron chi connectivity index (χ1n) is 7.59.